The highest BCUT2D eigenvalue weighted by molar-refractivity contribution is 7.17. The molecule has 0 aliphatic carbocycles. The zero-order valence-corrected chi connectivity index (χ0v) is 14.2. The highest BCUT2D eigenvalue weighted by atomic mass is 32.1. The summed E-state index contributed by atoms with van der Waals surface area (Å²) in [7, 11) is 0. The summed E-state index contributed by atoms with van der Waals surface area (Å²) in [6.45, 7) is 5.32. The van der Waals surface area contributed by atoms with E-state index in [1.165, 1.54) is 11.3 Å². The predicted molar refractivity (Wildman–Crippen MR) is 90.6 cm³/mol. The van der Waals surface area contributed by atoms with Crippen LogP contribution in [0, 0.1) is 0 Å². The third-order valence-electron chi connectivity index (χ3n) is 3.35. The zero-order valence-electron chi connectivity index (χ0n) is 13.4. The standard InChI is InChI=1S/C17H21NO4S/c1-17(2,3)22-16(21)15(12(18)8-14(19)20)11-9-23-13-7-5-4-6-10(11)13/h4-7,9,12,15H,8,18H2,1-3H3,(H,19,20)/t12-,15-/m0/s1. The Morgan fingerprint density at radius 1 is 1.30 bits per heavy atom. The Balaban J connectivity index is 2.44. The van der Waals surface area contributed by atoms with E-state index in [-0.39, 0.29) is 6.42 Å². The van der Waals surface area contributed by atoms with Crippen molar-refractivity contribution in [3.63, 3.8) is 0 Å². The fraction of sp³-hybridized carbons (Fsp3) is 0.412. The maximum Gasteiger partial charge on any atom is 0.315 e. The van der Waals surface area contributed by atoms with Crippen LogP contribution < -0.4 is 5.73 Å². The van der Waals surface area contributed by atoms with Gasteiger partial charge < -0.3 is 15.6 Å². The second-order valence-corrected chi connectivity index (χ2v) is 7.37. The van der Waals surface area contributed by atoms with Crippen molar-refractivity contribution in [1.82, 2.24) is 0 Å². The molecule has 0 unspecified atom stereocenters. The molecule has 1 heterocycles. The largest absolute Gasteiger partial charge is 0.481 e. The molecule has 0 amide bonds. The molecule has 1 aromatic heterocycles. The Bertz CT molecular complexity index is 717. The number of benzene rings is 1. The summed E-state index contributed by atoms with van der Waals surface area (Å²) in [5, 5.41) is 11.8. The molecule has 0 bridgehead atoms. The van der Waals surface area contributed by atoms with Crippen LogP contribution in [0.15, 0.2) is 29.6 Å². The number of fused-ring (bicyclic) bond motifs is 1. The van der Waals surface area contributed by atoms with Gasteiger partial charge in [-0.25, -0.2) is 0 Å². The van der Waals surface area contributed by atoms with Crippen LogP contribution in [0.5, 0.6) is 0 Å². The molecule has 23 heavy (non-hydrogen) atoms. The minimum absolute atomic E-state index is 0.298. The van der Waals surface area contributed by atoms with Gasteiger partial charge in [-0.1, -0.05) is 18.2 Å². The average molecular weight is 335 g/mol. The molecule has 2 atom stereocenters. The third-order valence-corrected chi connectivity index (χ3v) is 4.33. The number of carbonyl (C=O) groups is 2. The van der Waals surface area contributed by atoms with Crippen molar-refractivity contribution in [2.75, 3.05) is 0 Å². The molecule has 0 spiro atoms. The second-order valence-electron chi connectivity index (χ2n) is 6.46. The van der Waals surface area contributed by atoms with Crippen molar-refractivity contribution in [1.29, 1.82) is 0 Å². The molecule has 1 aromatic carbocycles. The summed E-state index contributed by atoms with van der Waals surface area (Å²) in [6.07, 6.45) is -0.298. The SMILES string of the molecule is CC(C)(C)OC(=O)[C@@H](c1csc2ccccc12)[C@@H](N)CC(=O)O. The first-order valence-electron chi connectivity index (χ1n) is 7.35. The van der Waals surface area contributed by atoms with Crippen molar-refractivity contribution in [3.8, 4) is 0 Å². The first-order chi connectivity index (χ1) is 10.7. The van der Waals surface area contributed by atoms with E-state index < -0.39 is 29.5 Å². The summed E-state index contributed by atoms with van der Waals surface area (Å²) in [6, 6.07) is 6.82. The molecule has 0 radical (unpaired) electrons. The molecule has 6 heteroatoms. The fourth-order valence-electron chi connectivity index (χ4n) is 2.46. The lowest BCUT2D eigenvalue weighted by molar-refractivity contribution is -0.157. The van der Waals surface area contributed by atoms with Crippen LogP contribution in [-0.4, -0.2) is 28.7 Å². The predicted octanol–water partition coefficient (Wildman–Crippen LogP) is 3.13. The van der Waals surface area contributed by atoms with Crippen LogP contribution in [0.25, 0.3) is 10.1 Å². The highest BCUT2D eigenvalue weighted by Gasteiger charge is 2.34. The number of aliphatic carboxylic acids is 1. The Hall–Kier alpha value is -1.92. The van der Waals surface area contributed by atoms with Crippen molar-refractivity contribution >= 4 is 33.4 Å². The molecule has 0 saturated carbocycles. The van der Waals surface area contributed by atoms with Gasteiger partial charge in [0, 0.05) is 10.7 Å². The van der Waals surface area contributed by atoms with Gasteiger partial charge in [0.25, 0.3) is 0 Å². The lowest BCUT2D eigenvalue weighted by Crippen LogP contribution is -2.39. The van der Waals surface area contributed by atoms with Gasteiger partial charge in [-0.05, 0) is 43.2 Å². The van der Waals surface area contributed by atoms with E-state index in [1.54, 1.807) is 20.8 Å². The number of esters is 1. The minimum atomic E-state index is -1.04. The van der Waals surface area contributed by atoms with E-state index in [2.05, 4.69) is 0 Å². The lowest BCUT2D eigenvalue weighted by Gasteiger charge is -2.26. The number of carbonyl (C=O) groups excluding carboxylic acids is 1. The molecule has 0 aliphatic rings. The summed E-state index contributed by atoms with van der Waals surface area (Å²) in [5.41, 5.74) is 6.11. The van der Waals surface area contributed by atoms with Crippen molar-refractivity contribution in [3.05, 3.63) is 35.2 Å². The third kappa shape index (κ3) is 4.30. The maximum atomic E-state index is 12.6. The number of rotatable bonds is 5. The fourth-order valence-corrected chi connectivity index (χ4v) is 3.45. The van der Waals surface area contributed by atoms with Gasteiger partial charge in [0.15, 0.2) is 0 Å². The van der Waals surface area contributed by atoms with E-state index in [1.807, 2.05) is 29.6 Å². The Morgan fingerprint density at radius 2 is 1.96 bits per heavy atom. The topological polar surface area (TPSA) is 89.6 Å². The monoisotopic (exact) mass is 335 g/mol. The first-order valence-corrected chi connectivity index (χ1v) is 8.23. The van der Waals surface area contributed by atoms with Crippen LogP contribution in [0.4, 0.5) is 0 Å². The average Bonchev–Trinajstić information content (AvgIpc) is 2.80. The van der Waals surface area contributed by atoms with E-state index >= 15 is 0 Å². The molecule has 2 rings (SSSR count). The van der Waals surface area contributed by atoms with Gasteiger partial charge in [0.05, 0.1) is 12.3 Å². The van der Waals surface area contributed by atoms with E-state index in [9.17, 15) is 9.59 Å². The van der Waals surface area contributed by atoms with Crippen molar-refractivity contribution in [2.24, 2.45) is 5.73 Å². The second kappa shape index (κ2) is 6.68. The quantitative estimate of drug-likeness (QED) is 0.819. The Labute approximate surface area is 139 Å². The minimum Gasteiger partial charge on any atom is -0.481 e. The summed E-state index contributed by atoms with van der Waals surface area (Å²) >= 11 is 1.50. The number of carboxylic acid groups (broad SMARTS) is 1. The molecule has 0 fully saturated rings. The number of nitrogens with two attached hydrogens (primary N) is 1. The number of hydrogen-bond acceptors (Lipinski definition) is 5. The Morgan fingerprint density at radius 3 is 2.57 bits per heavy atom. The van der Waals surface area contributed by atoms with Crippen LogP contribution in [0.2, 0.25) is 0 Å². The van der Waals surface area contributed by atoms with Gasteiger partial charge in [0.1, 0.15) is 5.60 Å². The van der Waals surface area contributed by atoms with E-state index in [0.29, 0.717) is 0 Å². The van der Waals surface area contributed by atoms with E-state index in [4.69, 9.17) is 15.6 Å². The van der Waals surface area contributed by atoms with Gasteiger partial charge in [-0.15, -0.1) is 11.3 Å². The van der Waals surface area contributed by atoms with Crippen LogP contribution in [-0.2, 0) is 14.3 Å². The van der Waals surface area contributed by atoms with Crippen LogP contribution in [0.3, 0.4) is 0 Å². The molecule has 124 valence electrons. The zero-order chi connectivity index (χ0) is 17.2. The number of carboxylic acids is 1. The van der Waals surface area contributed by atoms with Crippen molar-refractivity contribution in [2.45, 2.75) is 44.8 Å². The van der Waals surface area contributed by atoms with Crippen LogP contribution in [0.1, 0.15) is 38.7 Å². The Kier molecular flexibility index (Phi) is 5.06. The maximum absolute atomic E-state index is 12.6. The molecule has 5 nitrogen and oxygen atoms in total. The van der Waals surface area contributed by atoms with Crippen molar-refractivity contribution < 1.29 is 19.4 Å². The van der Waals surface area contributed by atoms with Gasteiger partial charge in [-0.2, -0.15) is 0 Å². The summed E-state index contributed by atoms with van der Waals surface area (Å²) < 4.78 is 6.49. The van der Waals surface area contributed by atoms with Gasteiger partial charge in [-0.3, -0.25) is 9.59 Å². The first kappa shape index (κ1) is 17.4. The van der Waals surface area contributed by atoms with Gasteiger partial charge >= 0.3 is 11.9 Å². The lowest BCUT2D eigenvalue weighted by atomic mass is 9.89. The highest BCUT2D eigenvalue weighted by Crippen LogP contribution is 2.34. The number of ether oxygens (including phenoxy) is 1. The van der Waals surface area contributed by atoms with E-state index in [0.717, 1.165) is 15.6 Å². The number of thiophene rings is 1. The normalized spacial score (nSPS) is 14.4. The molecule has 3 N–H and O–H groups in total. The van der Waals surface area contributed by atoms with Gasteiger partial charge in [0.2, 0.25) is 0 Å². The number of hydrogen-bond donors (Lipinski definition) is 2. The molecular formula is C17H21NO4S. The molecule has 0 saturated heterocycles. The molecule has 0 aliphatic heterocycles. The summed E-state index contributed by atoms with van der Waals surface area (Å²) in [5.74, 6) is -2.33. The van der Waals surface area contributed by atoms with Crippen LogP contribution >= 0.6 is 11.3 Å². The molecule has 2 aromatic rings. The smallest absolute Gasteiger partial charge is 0.315 e. The molecular weight excluding hydrogens is 314 g/mol. The summed E-state index contributed by atoms with van der Waals surface area (Å²) in [4.78, 5) is 23.7.